The lowest BCUT2D eigenvalue weighted by atomic mass is 10.2. The topological polar surface area (TPSA) is 78.6 Å². The summed E-state index contributed by atoms with van der Waals surface area (Å²) in [6, 6.07) is 12.2. The average Bonchev–Trinajstić information content (AvgIpc) is 2.42. The molecule has 0 aliphatic rings. The van der Waals surface area contributed by atoms with Crippen LogP contribution in [-0.4, -0.2) is 24.6 Å². The quantitative estimate of drug-likeness (QED) is 0.753. The van der Waals surface area contributed by atoms with E-state index in [0.717, 1.165) is 11.3 Å². The Labute approximate surface area is 124 Å². The van der Waals surface area contributed by atoms with Gasteiger partial charge in [0.05, 0.1) is 17.9 Å². The molecule has 110 valence electrons. The summed E-state index contributed by atoms with van der Waals surface area (Å²) in [4.78, 5) is 13.8. The number of carbonyl (C=O) groups is 1. The predicted octanol–water partition coefficient (Wildman–Crippen LogP) is 2.36. The number of hydrogen-bond acceptors (Lipinski definition) is 4. The number of aromatic hydroxyl groups is 1. The molecule has 2 rings (SSSR count). The van der Waals surface area contributed by atoms with Gasteiger partial charge in [0, 0.05) is 18.8 Å². The van der Waals surface area contributed by atoms with Gasteiger partial charge in [0.2, 0.25) is 5.91 Å². The Morgan fingerprint density at radius 1 is 1.29 bits per heavy atom. The Balaban J connectivity index is 2.01. The van der Waals surface area contributed by atoms with E-state index in [1.54, 1.807) is 36.2 Å². The molecule has 2 aromatic carbocycles. The van der Waals surface area contributed by atoms with Crippen LogP contribution in [0.1, 0.15) is 5.56 Å². The summed E-state index contributed by atoms with van der Waals surface area (Å²) in [5.41, 5.74) is 8.83. The molecular weight excluding hydrogens is 266 g/mol. The largest absolute Gasteiger partial charge is 0.508 e. The third kappa shape index (κ3) is 3.89. The van der Waals surface area contributed by atoms with Crippen LogP contribution in [0.5, 0.6) is 5.75 Å². The van der Waals surface area contributed by atoms with Crippen molar-refractivity contribution in [2.45, 2.75) is 6.92 Å². The van der Waals surface area contributed by atoms with Crippen LogP contribution in [-0.2, 0) is 4.79 Å². The maximum absolute atomic E-state index is 12.0. The van der Waals surface area contributed by atoms with Gasteiger partial charge in [-0.15, -0.1) is 0 Å². The van der Waals surface area contributed by atoms with Crippen LogP contribution in [0.25, 0.3) is 0 Å². The second-order valence-electron chi connectivity index (χ2n) is 5.01. The van der Waals surface area contributed by atoms with Gasteiger partial charge in [0.25, 0.3) is 0 Å². The number of hydrogen-bond donors (Lipinski definition) is 3. The molecule has 4 N–H and O–H groups in total. The molecule has 0 atom stereocenters. The van der Waals surface area contributed by atoms with Crippen molar-refractivity contribution in [3.63, 3.8) is 0 Å². The fraction of sp³-hybridized carbons (Fsp3) is 0.188. The lowest BCUT2D eigenvalue weighted by Crippen LogP contribution is -2.30. The second-order valence-corrected chi connectivity index (χ2v) is 5.01. The zero-order valence-corrected chi connectivity index (χ0v) is 12.1. The molecule has 0 saturated heterocycles. The van der Waals surface area contributed by atoms with E-state index >= 15 is 0 Å². The third-order valence-corrected chi connectivity index (χ3v) is 3.13. The molecule has 0 saturated carbocycles. The van der Waals surface area contributed by atoms with Crippen molar-refractivity contribution < 1.29 is 9.90 Å². The number of amides is 1. The minimum Gasteiger partial charge on any atom is -0.508 e. The number of nitrogen functional groups attached to an aromatic ring is 1. The summed E-state index contributed by atoms with van der Waals surface area (Å²) in [5, 5.41) is 12.2. The number of rotatable bonds is 4. The van der Waals surface area contributed by atoms with Gasteiger partial charge in [-0.2, -0.15) is 0 Å². The van der Waals surface area contributed by atoms with Crippen molar-refractivity contribution in [3.8, 4) is 5.75 Å². The Morgan fingerprint density at radius 2 is 2.05 bits per heavy atom. The molecule has 0 radical (unpaired) electrons. The van der Waals surface area contributed by atoms with E-state index in [-0.39, 0.29) is 18.2 Å². The summed E-state index contributed by atoms with van der Waals surface area (Å²) in [6.45, 7) is 2.11. The molecule has 1 amide bonds. The highest BCUT2D eigenvalue weighted by Gasteiger charge is 2.09. The molecule has 0 aromatic heterocycles. The number of likely N-dealkylation sites (N-methyl/N-ethyl adjacent to an activating group) is 1. The first-order valence-corrected chi connectivity index (χ1v) is 6.62. The van der Waals surface area contributed by atoms with Gasteiger partial charge >= 0.3 is 0 Å². The van der Waals surface area contributed by atoms with E-state index in [0.29, 0.717) is 11.4 Å². The van der Waals surface area contributed by atoms with Crippen LogP contribution < -0.4 is 16.0 Å². The molecule has 0 spiro atoms. The fourth-order valence-electron chi connectivity index (χ4n) is 2.02. The molecule has 5 nitrogen and oxygen atoms in total. The lowest BCUT2D eigenvalue weighted by molar-refractivity contribution is -0.114. The average molecular weight is 285 g/mol. The number of phenols is 1. The smallest absolute Gasteiger partial charge is 0.243 e. The number of carbonyl (C=O) groups excluding carboxylic acids is 1. The van der Waals surface area contributed by atoms with Gasteiger partial charge in [0.1, 0.15) is 5.75 Å². The van der Waals surface area contributed by atoms with Gasteiger partial charge in [-0.25, -0.2) is 0 Å². The van der Waals surface area contributed by atoms with E-state index in [4.69, 9.17) is 5.73 Å². The molecule has 5 heteroatoms. The van der Waals surface area contributed by atoms with Crippen LogP contribution in [0.3, 0.4) is 0 Å². The van der Waals surface area contributed by atoms with Crippen LogP contribution in [0.4, 0.5) is 17.1 Å². The summed E-state index contributed by atoms with van der Waals surface area (Å²) in [7, 11) is 1.78. The van der Waals surface area contributed by atoms with Crippen molar-refractivity contribution in [1.82, 2.24) is 0 Å². The van der Waals surface area contributed by atoms with E-state index in [1.165, 1.54) is 0 Å². The first-order chi connectivity index (χ1) is 9.95. The number of nitrogens with one attached hydrogen (secondary N) is 1. The minimum absolute atomic E-state index is 0.163. The van der Waals surface area contributed by atoms with E-state index in [9.17, 15) is 9.90 Å². The lowest BCUT2D eigenvalue weighted by Gasteiger charge is -2.19. The summed E-state index contributed by atoms with van der Waals surface area (Å²) in [5.74, 6) is -0.000988. The summed E-state index contributed by atoms with van der Waals surface area (Å²) < 4.78 is 0. The molecule has 0 heterocycles. The molecule has 2 aromatic rings. The van der Waals surface area contributed by atoms with Gasteiger partial charge in [0.15, 0.2) is 0 Å². The first-order valence-electron chi connectivity index (χ1n) is 6.62. The van der Waals surface area contributed by atoms with Crippen molar-refractivity contribution in [3.05, 3.63) is 48.0 Å². The normalized spacial score (nSPS) is 10.2. The Bertz CT molecular complexity index is 656. The second kappa shape index (κ2) is 6.17. The van der Waals surface area contributed by atoms with Gasteiger partial charge in [-0.05, 0) is 36.8 Å². The molecule has 0 unspecified atom stereocenters. The zero-order chi connectivity index (χ0) is 15.4. The maximum Gasteiger partial charge on any atom is 0.243 e. The number of anilines is 3. The Morgan fingerprint density at radius 3 is 2.71 bits per heavy atom. The number of nitrogens with zero attached hydrogens (tertiary/aromatic N) is 1. The number of aryl methyl sites for hydroxylation is 1. The monoisotopic (exact) mass is 285 g/mol. The van der Waals surface area contributed by atoms with E-state index in [2.05, 4.69) is 5.32 Å². The summed E-state index contributed by atoms with van der Waals surface area (Å²) in [6.07, 6.45) is 0. The van der Waals surface area contributed by atoms with Crippen molar-refractivity contribution >= 4 is 23.0 Å². The van der Waals surface area contributed by atoms with Crippen molar-refractivity contribution in [2.24, 2.45) is 0 Å². The van der Waals surface area contributed by atoms with Gasteiger partial charge < -0.3 is 21.1 Å². The highest BCUT2D eigenvalue weighted by molar-refractivity contribution is 5.96. The SMILES string of the molecule is Cc1ccc(NC(=O)CN(C)c2cccc(O)c2)c(N)c1. The Kier molecular flexibility index (Phi) is 4.33. The van der Waals surface area contributed by atoms with Gasteiger partial charge in [-0.1, -0.05) is 12.1 Å². The number of benzene rings is 2. The van der Waals surface area contributed by atoms with Crippen LogP contribution in [0, 0.1) is 6.92 Å². The minimum atomic E-state index is -0.170. The van der Waals surface area contributed by atoms with Gasteiger partial charge in [-0.3, -0.25) is 4.79 Å². The summed E-state index contributed by atoms with van der Waals surface area (Å²) >= 11 is 0. The zero-order valence-electron chi connectivity index (χ0n) is 12.1. The molecule has 0 aliphatic carbocycles. The third-order valence-electron chi connectivity index (χ3n) is 3.13. The van der Waals surface area contributed by atoms with Crippen LogP contribution >= 0.6 is 0 Å². The van der Waals surface area contributed by atoms with Crippen LogP contribution in [0.15, 0.2) is 42.5 Å². The highest BCUT2D eigenvalue weighted by atomic mass is 16.3. The predicted molar refractivity (Wildman–Crippen MR) is 85.6 cm³/mol. The van der Waals surface area contributed by atoms with E-state index < -0.39 is 0 Å². The fourth-order valence-corrected chi connectivity index (χ4v) is 2.02. The highest BCUT2D eigenvalue weighted by Crippen LogP contribution is 2.21. The molecule has 0 fully saturated rings. The molecule has 0 aliphatic heterocycles. The standard InChI is InChI=1S/C16H19N3O2/c1-11-6-7-15(14(17)8-11)18-16(21)10-19(2)12-4-3-5-13(20)9-12/h3-9,20H,10,17H2,1-2H3,(H,18,21). The number of nitrogens with two attached hydrogens (primary N) is 1. The van der Waals surface area contributed by atoms with E-state index in [1.807, 2.05) is 25.1 Å². The van der Waals surface area contributed by atoms with Crippen molar-refractivity contribution in [1.29, 1.82) is 0 Å². The first kappa shape index (κ1) is 14.7. The maximum atomic E-state index is 12.0. The molecular formula is C16H19N3O2. The molecule has 21 heavy (non-hydrogen) atoms. The Hall–Kier alpha value is -2.69. The van der Waals surface area contributed by atoms with Crippen molar-refractivity contribution in [2.75, 3.05) is 29.5 Å². The number of phenolic OH excluding ortho intramolecular Hbond substituents is 1. The van der Waals surface area contributed by atoms with Crippen LogP contribution in [0.2, 0.25) is 0 Å². The molecule has 0 bridgehead atoms.